The largest absolute Gasteiger partial charge is 0.324 e. The molecule has 2 unspecified atom stereocenters. The van der Waals surface area contributed by atoms with Crippen LogP contribution in [0.1, 0.15) is 51.9 Å². The van der Waals surface area contributed by atoms with Gasteiger partial charge in [0.25, 0.3) is 0 Å². The summed E-state index contributed by atoms with van der Waals surface area (Å²) in [7, 11) is 6.72. The Kier molecular flexibility index (Phi) is 4.59. The molecule has 0 saturated heterocycles. The van der Waals surface area contributed by atoms with Gasteiger partial charge in [0, 0.05) is 24.2 Å². The SMILES string of the molecule is CC1CCCC(N)(CN(C)CC2(N(C)C)CCC2)C1. The number of likely N-dealkylation sites (N-methyl/N-ethyl adjacent to an activating group) is 2. The predicted molar refractivity (Wildman–Crippen MR) is 82.3 cm³/mol. The maximum absolute atomic E-state index is 6.65. The molecule has 2 atom stereocenters. The summed E-state index contributed by atoms with van der Waals surface area (Å²) in [6, 6.07) is 0. The second kappa shape index (κ2) is 5.71. The van der Waals surface area contributed by atoms with Crippen LogP contribution in [0.2, 0.25) is 0 Å². The van der Waals surface area contributed by atoms with Gasteiger partial charge in [-0.15, -0.1) is 0 Å². The highest BCUT2D eigenvalue weighted by Gasteiger charge is 2.41. The van der Waals surface area contributed by atoms with E-state index in [-0.39, 0.29) is 5.54 Å². The summed E-state index contributed by atoms with van der Waals surface area (Å²) >= 11 is 0. The number of hydrogen-bond donors (Lipinski definition) is 1. The van der Waals surface area contributed by atoms with Crippen LogP contribution in [0, 0.1) is 5.92 Å². The zero-order valence-electron chi connectivity index (χ0n) is 13.4. The highest BCUT2D eigenvalue weighted by atomic mass is 15.2. The third-order valence-electron chi connectivity index (χ3n) is 5.51. The van der Waals surface area contributed by atoms with Gasteiger partial charge in [0.1, 0.15) is 0 Å². The first kappa shape index (κ1) is 15.3. The molecule has 3 nitrogen and oxygen atoms in total. The highest BCUT2D eigenvalue weighted by Crippen LogP contribution is 2.37. The molecule has 2 aliphatic carbocycles. The third kappa shape index (κ3) is 3.50. The van der Waals surface area contributed by atoms with E-state index in [4.69, 9.17) is 5.73 Å². The Morgan fingerprint density at radius 3 is 2.21 bits per heavy atom. The summed E-state index contributed by atoms with van der Waals surface area (Å²) in [4.78, 5) is 4.93. The van der Waals surface area contributed by atoms with Crippen LogP contribution in [0.15, 0.2) is 0 Å². The zero-order valence-corrected chi connectivity index (χ0v) is 13.4. The van der Waals surface area contributed by atoms with Gasteiger partial charge in [0.15, 0.2) is 0 Å². The van der Waals surface area contributed by atoms with Crippen LogP contribution >= 0.6 is 0 Å². The molecule has 2 fully saturated rings. The fraction of sp³-hybridized carbons (Fsp3) is 1.00. The van der Waals surface area contributed by atoms with Crippen molar-refractivity contribution in [1.29, 1.82) is 0 Å². The van der Waals surface area contributed by atoms with Crippen molar-refractivity contribution in [3.05, 3.63) is 0 Å². The lowest BCUT2D eigenvalue weighted by Gasteiger charge is -2.50. The van der Waals surface area contributed by atoms with E-state index >= 15 is 0 Å². The molecule has 0 radical (unpaired) electrons. The van der Waals surface area contributed by atoms with Gasteiger partial charge in [-0.1, -0.05) is 19.8 Å². The maximum Gasteiger partial charge on any atom is 0.0330 e. The predicted octanol–water partition coefficient (Wildman–Crippen LogP) is 2.31. The van der Waals surface area contributed by atoms with Crippen molar-refractivity contribution in [1.82, 2.24) is 9.80 Å². The van der Waals surface area contributed by atoms with Gasteiger partial charge in [-0.3, -0.25) is 0 Å². The Balaban J connectivity index is 1.88. The second-order valence-electron chi connectivity index (χ2n) is 7.71. The summed E-state index contributed by atoms with van der Waals surface area (Å²) in [6.07, 6.45) is 9.16. The molecule has 3 heteroatoms. The molecule has 0 bridgehead atoms. The second-order valence-corrected chi connectivity index (χ2v) is 7.71. The van der Waals surface area contributed by atoms with Crippen molar-refractivity contribution >= 4 is 0 Å². The van der Waals surface area contributed by atoms with Crippen molar-refractivity contribution in [2.24, 2.45) is 11.7 Å². The van der Waals surface area contributed by atoms with Gasteiger partial charge in [-0.25, -0.2) is 0 Å². The van der Waals surface area contributed by atoms with E-state index in [1.165, 1.54) is 51.5 Å². The summed E-state index contributed by atoms with van der Waals surface area (Å²) in [5.74, 6) is 0.804. The van der Waals surface area contributed by atoms with Gasteiger partial charge in [0.2, 0.25) is 0 Å². The van der Waals surface area contributed by atoms with Crippen LogP contribution < -0.4 is 5.73 Å². The number of nitrogens with two attached hydrogens (primary N) is 1. The zero-order chi connectivity index (χ0) is 14.1. The number of hydrogen-bond acceptors (Lipinski definition) is 3. The highest BCUT2D eigenvalue weighted by molar-refractivity contribution is 5.00. The topological polar surface area (TPSA) is 32.5 Å². The van der Waals surface area contributed by atoms with Gasteiger partial charge >= 0.3 is 0 Å². The molecule has 0 aromatic rings. The third-order valence-corrected chi connectivity index (χ3v) is 5.51. The van der Waals surface area contributed by atoms with E-state index in [2.05, 4.69) is 37.9 Å². The standard InChI is InChI=1S/C16H33N3/c1-14-7-5-8-15(17,11-14)12-19(4)13-16(18(2)3)9-6-10-16/h14H,5-13,17H2,1-4H3. The summed E-state index contributed by atoms with van der Waals surface area (Å²) < 4.78 is 0. The van der Waals surface area contributed by atoms with Gasteiger partial charge in [0.05, 0.1) is 0 Å². The molecule has 0 spiro atoms. The first-order valence-electron chi connectivity index (χ1n) is 8.00. The Morgan fingerprint density at radius 1 is 1.05 bits per heavy atom. The minimum absolute atomic E-state index is 0.0592. The quantitative estimate of drug-likeness (QED) is 0.829. The van der Waals surface area contributed by atoms with Crippen molar-refractivity contribution in [3.63, 3.8) is 0 Å². The summed E-state index contributed by atoms with van der Waals surface area (Å²) in [6.45, 7) is 4.59. The van der Waals surface area contributed by atoms with E-state index in [1.807, 2.05) is 0 Å². The van der Waals surface area contributed by atoms with E-state index in [9.17, 15) is 0 Å². The van der Waals surface area contributed by atoms with Crippen molar-refractivity contribution in [3.8, 4) is 0 Å². The maximum atomic E-state index is 6.65. The molecule has 2 aliphatic rings. The first-order valence-corrected chi connectivity index (χ1v) is 8.00. The monoisotopic (exact) mass is 267 g/mol. The van der Waals surface area contributed by atoms with Gasteiger partial charge in [-0.2, -0.15) is 0 Å². The van der Waals surface area contributed by atoms with E-state index in [0.29, 0.717) is 5.54 Å². The average Bonchev–Trinajstić information content (AvgIpc) is 2.21. The molecular weight excluding hydrogens is 234 g/mol. The van der Waals surface area contributed by atoms with E-state index < -0.39 is 0 Å². The molecule has 19 heavy (non-hydrogen) atoms. The van der Waals surface area contributed by atoms with Crippen LogP contribution in [-0.2, 0) is 0 Å². The lowest BCUT2D eigenvalue weighted by atomic mass is 9.74. The number of nitrogens with zero attached hydrogens (tertiary/aromatic N) is 2. The fourth-order valence-electron chi connectivity index (χ4n) is 4.27. The van der Waals surface area contributed by atoms with E-state index in [1.54, 1.807) is 0 Å². The minimum Gasteiger partial charge on any atom is -0.324 e. The van der Waals surface area contributed by atoms with Crippen LogP contribution in [0.5, 0.6) is 0 Å². The lowest BCUT2D eigenvalue weighted by Crippen LogP contribution is -2.60. The van der Waals surface area contributed by atoms with Crippen LogP contribution in [0.4, 0.5) is 0 Å². The molecule has 112 valence electrons. The molecule has 2 rings (SSSR count). The Morgan fingerprint density at radius 2 is 1.74 bits per heavy atom. The van der Waals surface area contributed by atoms with Crippen LogP contribution in [-0.4, -0.2) is 55.1 Å². The van der Waals surface area contributed by atoms with Crippen molar-refractivity contribution < 1.29 is 0 Å². The van der Waals surface area contributed by atoms with E-state index in [0.717, 1.165) is 12.5 Å². The van der Waals surface area contributed by atoms with Gasteiger partial charge < -0.3 is 15.5 Å². The Bertz CT molecular complexity index is 298. The number of rotatable bonds is 5. The molecule has 0 aromatic carbocycles. The minimum atomic E-state index is 0.0592. The smallest absolute Gasteiger partial charge is 0.0330 e. The first-order chi connectivity index (χ1) is 8.85. The summed E-state index contributed by atoms with van der Waals surface area (Å²) in [5, 5.41) is 0. The molecule has 2 N–H and O–H groups in total. The lowest BCUT2D eigenvalue weighted by molar-refractivity contribution is 0.0188. The Hall–Kier alpha value is -0.120. The van der Waals surface area contributed by atoms with Crippen molar-refractivity contribution in [2.45, 2.75) is 62.9 Å². The summed E-state index contributed by atoms with van der Waals surface area (Å²) in [5.41, 5.74) is 7.13. The van der Waals surface area contributed by atoms with Crippen LogP contribution in [0.25, 0.3) is 0 Å². The molecule has 0 aromatic heterocycles. The molecule has 2 saturated carbocycles. The van der Waals surface area contributed by atoms with Gasteiger partial charge in [-0.05, 0) is 59.2 Å². The van der Waals surface area contributed by atoms with Crippen molar-refractivity contribution in [2.75, 3.05) is 34.2 Å². The molecule has 0 amide bonds. The molecule has 0 heterocycles. The average molecular weight is 267 g/mol. The Labute approximate surface area is 119 Å². The molecule has 0 aliphatic heterocycles. The normalized spacial score (nSPS) is 34.6. The van der Waals surface area contributed by atoms with Crippen LogP contribution in [0.3, 0.4) is 0 Å². The molecular formula is C16H33N3. The fourth-order valence-corrected chi connectivity index (χ4v) is 4.27.